The summed E-state index contributed by atoms with van der Waals surface area (Å²) in [5.41, 5.74) is 2.56. The Labute approximate surface area is 255 Å². The molecule has 0 bridgehead atoms. The standard InChI is InChI=1S/C29H40FIN6O3Si/c1-28(2,3)40-27(38)34-24-21-15-20(30)8-7-19(21)16-29(24)9-11-36(12-10-29)22-17-32-23-25(31)35-37(26(23)33-22)18-39-13-14-41(4,5)6/h7-8,15,17,24H,9-14,16,18H2,1-6H3,(H,34,38)/t24-/m1/s1. The zero-order valence-corrected chi connectivity index (χ0v) is 27.9. The predicted octanol–water partition coefficient (Wildman–Crippen LogP) is 6.29. The van der Waals surface area contributed by atoms with Crippen LogP contribution in [-0.2, 0) is 22.6 Å². The third-order valence-corrected chi connectivity index (χ3v) is 10.3. The van der Waals surface area contributed by atoms with E-state index in [1.165, 1.54) is 6.07 Å². The van der Waals surface area contributed by atoms with Crippen molar-refractivity contribution in [3.8, 4) is 0 Å². The molecule has 1 aliphatic carbocycles. The van der Waals surface area contributed by atoms with Gasteiger partial charge in [0.25, 0.3) is 0 Å². The van der Waals surface area contributed by atoms with E-state index in [9.17, 15) is 9.18 Å². The summed E-state index contributed by atoms with van der Waals surface area (Å²) in [5.74, 6) is 0.499. The summed E-state index contributed by atoms with van der Waals surface area (Å²) in [7, 11) is -1.18. The van der Waals surface area contributed by atoms with E-state index in [1.807, 2.05) is 33.0 Å². The van der Waals surface area contributed by atoms with Crippen molar-refractivity contribution >= 4 is 53.7 Å². The summed E-state index contributed by atoms with van der Waals surface area (Å²) in [6, 6.07) is 5.68. The maximum Gasteiger partial charge on any atom is 0.408 e. The van der Waals surface area contributed by atoms with Crippen LogP contribution in [0.15, 0.2) is 24.4 Å². The Morgan fingerprint density at radius 2 is 1.98 bits per heavy atom. The first-order valence-corrected chi connectivity index (χ1v) is 19.0. The number of nitrogens with zero attached hydrogens (tertiary/aromatic N) is 5. The zero-order chi connectivity index (χ0) is 29.6. The number of halogens is 2. The number of hydrogen-bond acceptors (Lipinski definition) is 7. The summed E-state index contributed by atoms with van der Waals surface area (Å²) < 4.78 is 28.5. The highest BCUT2D eigenvalue weighted by Crippen LogP contribution is 2.52. The number of nitrogens with one attached hydrogen (secondary N) is 1. The monoisotopic (exact) mass is 694 g/mol. The van der Waals surface area contributed by atoms with Gasteiger partial charge in [0, 0.05) is 33.2 Å². The number of aromatic nitrogens is 4. The second-order valence-corrected chi connectivity index (χ2v) is 20.1. The summed E-state index contributed by atoms with van der Waals surface area (Å²) in [6.07, 6.45) is 3.73. The molecule has 1 amide bonds. The lowest BCUT2D eigenvalue weighted by molar-refractivity contribution is 0.0427. The van der Waals surface area contributed by atoms with E-state index in [0.29, 0.717) is 19.0 Å². The Bertz CT molecular complexity index is 1430. The molecule has 1 aromatic carbocycles. The SMILES string of the molecule is CC(C)(C)OC(=O)N[C@@H]1c2cc(F)ccc2CC12CCN(c1cnc3c(I)nn(COCC[Si](C)(C)C)c3n1)CC2. The summed E-state index contributed by atoms with van der Waals surface area (Å²) in [5, 5.41) is 7.73. The fourth-order valence-corrected chi connectivity index (χ4v) is 7.18. The normalized spacial score (nSPS) is 18.6. The largest absolute Gasteiger partial charge is 0.444 e. The molecule has 0 unspecified atom stereocenters. The van der Waals surface area contributed by atoms with Gasteiger partial charge < -0.3 is 19.7 Å². The lowest BCUT2D eigenvalue weighted by Crippen LogP contribution is -2.48. The number of piperidine rings is 1. The van der Waals surface area contributed by atoms with E-state index in [0.717, 1.165) is 64.6 Å². The van der Waals surface area contributed by atoms with Crippen molar-refractivity contribution in [1.29, 1.82) is 0 Å². The number of hydrogen-bond donors (Lipinski definition) is 1. The maximum atomic E-state index is 14.3. The van der Waals surface area contributed by atoms with Gasteiger partial charge in [-0.2, -0.15) is 5.10 Å². The molecule has 2 aromatic heterocycles. The average Bonchev–Trinajstić information content (AvgIpc) is 3.34. The number of alkyl carbamates (subject to hydrolysis) is 1. The summed E-state index contributed by atoms with van der Waals surface area (Å²) in [4.78, 5) is 24.8. The van der Waals surface area contributed by atoms with Crippen LogP contribution >= 0.6 is 22.6 Å². The first kappa shape index (κ1) is 30.1. The molecule has 2 aliphatic rings. The number of anilines is 1. The van der Waals surface area contributed by atoms with Gasteiger partial charge in [-0.15, -0.1) is 0 Å². The van der Waals surface area contributed by atoms with Crippen LogP contribution in [0.2, 0.25) is 25.7 Å². The van der Waals surface area contributed by atoms with Gasteiger partial charge >= 0.3 is 6.09 Å². The van der Waals surface area contributed by atoms with E-state index >= 15 is 0 Å². The molecule has 3 heterocycles. The number of carbonyl (C=O) groups excluding carboxylic acids is 1. The molecule has 1 N–H and O–H groups in total. The molecule has 5 rings (SSSR count). The van der Waals surface area contributed by atoms with Gasteiger partial charge in [-0.05, 0) is 91.9 Å². The topological polar surface area (TPSA) is 94.4 Å². The predicted molar refractivity (Wildman–Crippen MR) is 168 cm³/mol. The second-order valence-electron chi connectivity index (χ2n) is 13.5. The molecule has 222 valence electrons. The second kappa shape index (κ2) is 11.4. The quantitative estimate of drug-likeness (QED) is 0.177. The van der Waals surface area contributed by atoms with Crippen molar-refractivity contribution in [3.63, 3.8) is 0 Å². The van der Waals surface area contributed by atoms with Gasteiger partial charge in [-0.3, -0.25) is 0 Å². The number of fused-ring (bicyclic) bond motifs is 2. The molecule has 41 heavy (non-hydrogen) atoms. The third-order valence-electron chi connectivity index (χ3n) is 7.92. The number of ether oxygens (including phenoxy) is 2. The minimum Gasteiger partial charge on any atom is -0.444 e. The van der Waals surface area contributed by atoms with Crippen LogP contribution in [0.25, 0.3) is 11.2 Å². The van der Waals surface area contributed by atoms with E-state index in [2.05, 4.69) is 57.5 Å². The van der Waals surface area contributed by atoms with Crippen LogP contribution in [0, 0.1) is 14.9 Å². The molecular formula is C29H40FIN6O3Si. The van der Waals surface area contributed by atoms with Crippen LogP contribution in [0.3, 0.4) is 0 Å². The van der Waals surface area contributed by atoms with Crippen molar-refractivity contribution in [2.24, 2.45) is 5.41 Å². The van der Waals surface area contributed by atoms with Crippen molar-refractivity contribution in [2.75, 3.05) is 24.6 Å². The van der Waals surface area contributed by atoms with Gasteiger partial charge in [0.1, 0.15) is 29.5 Å². The van der Waals surface area contributed by atoms with Crippen LogP contribution in [0.1, 0.15) is 50.8 Å². The van der Waals surface area contributed by atoms with Crippen LogP contribution in [0.5, 0.6) is 0 Å². The number of rotatable bonds is 7. The van der Waals surface area contributed by atoms with Crippen LogP contribution < -0.4 is 10.2 Å². The fraction of sp³-hybridized carbons (Fsp3) is 0.586. The molecular weight excluding hydrogens is 654 g/mol. The summed E-state index contributed by atoms with van der Waals surface area (Å²) >= 11 is 2.19. The molecule has 0 saturated carbocycles. The Hall–Kier alpha value is -2.32. The Balaban J connectivity index is 1.32. The van der Waals surface area contributed by atoms with Crippen LogP contribution in [-0.4, -0.2) is 59.2 Å². The molecule has 3 aromatic rings. The summed E-state index contributed by atoms with van der Waals surface area (Å²) in [6.45, 7) is 15.1. The zero-order valence-electron chi connectivity index (χ0n) is 24.8. The van der Waals surface area contributed by atoms with Crippen molar-refractivity contribution in [1.82, 2.24) is 25.1 Å². The van der Waals surface area contributed by atoms with Crippen molar-refractivity contribution in [3.05, 3.63) is 45.0 Å². The van der Waals surface area contributed by atoms with Gasteiger partial charge in [-0.25, -0.2) is 23.8 Å². The first-order valence-electron chi connectivity index (χ1n) is 14.2. The minimum absolute atomic E-state index is 0.234. The molecule has 9 nitrogen and oxygen atoms in total. The Morgan fingerprint density at radius 3 is 2.66 bits per heavy atom. The molecule has 1 fully saturated rings. The number of benzene rings is 1. The fourth-order valence-electron chi connectivity index (χ4n) is 5.78. The van der Waals surface area contributed by atoms with Crippen LogP contribution in [0.4, 0.5) is 15.0 Å². The van der Waals surface area contributed by atoms with Gasteiger partial charge in [0.05, 0.1) is 12.2 Å². The lowest BCUT2D eigenvalue weighted by atomic mass is 9.72. The third kappa shape index (κ3) is 6.85. The lowest BCUT2D eigenvalue weighted by Gasteiger charge is -2.43. The molecule has 0 radical (unpaired) electrons. The van der Waals surface area contributed by atoms with Crippen molar-refractivity contribution < 1.29 is 18.7 Å². The number of amides is 1. The molecule has 1 atom stereocenters. The first-order chi connectivity index (χ1) is 19.2. The van der Waals surface area contributed by atoms with E-state index in [-0.39, 0.29) is 17.3 Å². The maximum absolute atomic E-state index is 14.3. The molecule has 1 spiro atoms. The Morgan fingerprint density at radius 1 is 1.24 bits per heavy atom. The van der Waals surface area contributed by atoms with E-state index < -0.39 is 19.8 Å². The molecule has 12 heteroatoms. The molecule has 1 aliphatic heterocycles. The van der Waals surface area contributed by atoms with E-state index in [4.69, 9.17) is 19.4 Å². The number of carbonyl (C=O) groups is 1. The van der Waals surface area contributed by atoms with E-state index in [1.54, 1.807) is 10.7 Å². The highest BCUT2D eigenvalue weighted by molar-refractivity contribution is 14.1. The van der Waals surface area contributed by atoms with Gasteiger partial charge in [-0.1, -0.05) is 25.7 Å². The van der Waals surface area contributed by atoms with Gasteiger partial charge in [0.15, 0.2) is 9.35 Å². The average molecular weight is 695 g/mol. The smallest absolute Gasteiger partial charge is 0.408 e. The highest BCUT2D eigenvalue weighted by Gasteiger charge is 2.49. The van der Waals surface area contributed by atoms with Gasteiger partial charge in [0.2, 0.25) is 0 Å². The molecule has 1 saturated heterocycles. The minimum atomic E-state index is -1.18. The Kier molecular flexibility index (Phi) is 8.38. The van der Waals surface area contributed by atoms with Crippen molar-refractivity contribution in [2.45, 2.75) is 84.1 Å². The highest BCUT2D eigenvalue weighted by atomic mass is 127.